The lowest BCUT2D eigenvalue weighted by atomic mass is 9.65. The summed E-state index contributed by atoms with van der Waals surface area (Å²) in [5, 5.41) is 9.73. The van der Waals surface area contributed by atoms with Gasteiger partial charge in [0.05, 0.1) is 5.41 Å². The molecule has 0 bridgehead atoms. The maximum absolute atomic E-state index is 11.3. The van der Waals surface area contributed by atoms with Crippen LogP contribution in [-0.2, 0) is 9.59 Å². The van der Waals surface area contributed by atoms with Gasteiger partial charge in [-0.25, -0.2) is 0 Å². The van der Waals surface area contributed by atoms with Gasteiger partial charge in [-0.1, -0.05) is 22.9 Å². The highest BCUT2D eigenvalue weighted by Crippen LogP contribution is 2.56. The molecule has 1 fully saturated rings. The smallest absolute Gasteiger partial charge is 0.309 e. The molecule has 3 N–H and O–H groups in total. The topological polar surface area (TPSA) is 80.4 Å². The number of carboxylic acid groups (broad SMARTS) is 1. The predicted molar refractivity (Wildman–Crippen MR) is 59.6 cm³/mol. The number of carboxylic acids is 1. The molecule has 1 amide bonds. The van der Waals surface area contributed by atoms with Crippen LogP contribution in [0.4, 0.5) is 0 Å². The Balaban J connectivity index is 3.16. The second-order valence-corrected chi connectivity index (χ2v) is 5.24. The lowest BCUT2D eigenvalue weighted by Crippen LogP contribution is -2.47. The number of nitrogens with two attached hydrogens (primary N) is 1. The fourth-order valence-electron chi connectivity index (χ4n) is 2.47. The van der Waals surface area contributed by atoms with Crippen LogP contribution in [0, 0.1) is 16.7 Å². The normalized spacial score (nSPS) is 40.3. The van der Waals surface area contributed by atoms with Crippen molar-refractivity contribution in [2.24, 2.45) is 22.5 Å². The van der Waals surface area contributed by atoms with Gasteiger partial charge < -0.3 is 10.8 Å². The zero-order valence-electron chi connectivity index (χ0n) is 8.92. The van der Waals surface area contributed by atoms with E-state index in [0.717, 1.165) is 0 Å². The first-order valence-corrected chi connectivity index (χ1v) is 6.00. The SMILES string of the molecule is C[C@]1(C(=O)O)CC[C@H](C(N)=O)[C@@]1(C)CBr. The molecule has 1 aliphatic rings. The van der Waals surface area contributed by atoms with Crippen LogP contribution in [0.25, 0.3) is 0 Å². The number of alkyl halides is 1. The Kier molecular flexibility index (Phi) is 3.14. The van der Waals surface area contributed by atoms with Crippen molar-refractivity contribution in [3.8, 4) is 0 Å². The molecule has 0 heterocycles. The first-order valence-electron chi connectivity index (χ1n) is 4.88. The highest BCUT2D eigenvalue weighted by molar-refractivity contribution is 9.09. The molecule has 86 valence electrons. The summed E-state index contributed by atoms with van der Waals surface area (Å²) in [7, 11) is 0. The van der Waals surface area contributed by atoms with Gasteiger partial charge in [0.25, 0.3) is 0 Å². The molecule has 1 rings (SSSR count). The van der Waals surface area contributed by atoms with E-state index in [9.17, 15) is 14.7 Å². The fourth-order valence-corrected chi connectivity index (χ4v) is 3.48. The number of primary amides is 1. The largest absolute Gasteiger partial charge is 0.481 e. The third-order valence-corrected chi connectivity index (χ3v) is 5.22. The molecule has 3 atom stereocenters. The van der Waals surface area contributed by atoms with Gasteiger partial charge in [-0.05, 0) is 19.8 Å². The Hall–Kier alpha value is -0.580. The van der Waals surface area contributed by atoms with Crippen LogP contribution in [0.5, 0.6) is 0 Å². The number of carbonyl (C=O) groups is 2. The minimum absolute atomic E-state index is 0.363. The van der Waals surface area contributed by atoms with Crippen LogP contribution in [0.2, 0.25) is 0 Å². The summed E-state index contributed by atoms with van der Waals surface area (Å²) >= 11 is 3.31. The lowest BCUT2D eigenvalue weighted by molar-refractivity contribution is -0.154. The van der Waals surface area contributed by atoms with Gasteiger partial charge in [-0.3, -0.25) is 9.59 Å². The first kappa shape index (κ1) is 12.5. The van der Waals surface area contributed by atoms with E-state index in [1.807, 2.05) is 6.92 Å². The van der Waals surface area contributed by atoms with E-state index in [-0.39, 0.29) is 5.92 Å². The van der Waals surface area contributed by atoms with Crippen LogP contribution in [0.3, 0.4) is 0 Å². The quantitative estimate of drug-likeness (QED) is 0.765. The van der Waals surface area contributed by atoms with Crippen molar-refractivity contribution in [3.63, 3.8) is 0 Å². The molecule has 0 aromatic heterocycles. The van der Waals surface area contributed by atoms with Crippen molar-refractivity contribution in [3.05, 3.63) is 0 Å². The molecule has 0 aromatic carbocycles. The molecule has 15 heavy (non-hydrogen) atoms. The van der Waals surface area contributed by atoms with Crippen molar-refractivity contribution in [1.29, 1.82) is 0 Å². The van der Waals surface area contributed by atoms with Crippen molar-refractivity contribution in [2.75, 3.05) is 5.33 Å². The van der Waals surface area contributed by atoms with E-state index < -0.39 is 22.7 Å². The van der Waals surface area contributed by atoms with E-state index in [4.69, 9.17) is 5.73 Å². The minimum Gasteiger partial charge on any atom is -0.481 e. The molecule has 5 heteroatoms. The molecule has 1 aliphatic carbocycles. The van der Waals surface area contributed by atoms with E-state index in [0.29, 0.717) is 18.2 Å². The second-order valence-electron chi connectivity index (χ2n) is 4.68. The summed E-state index contributed by atoms with van der Waals surface area (Å²) < 4.78 is 0. The van der Waals surface area contributed by atoms with Crippen LogP contribution in [-0.4, -0.2) is 22.3 Å². The third-order valence-electron chi connectivity index (χ3n) is 4.06. The molecule has 0 saturated heterocycles. The van der Waals surface area contributed by atoms with Gasteiger partial charge in [-0.2, -0.15) is 0 Å². The number of rotatable bonds is 3. The van der Waals surface area contributed by atoms with Crippen molar-refractivity contribution in [2.45, 2.75) is 26.7 Å². The van der Waals surface area contributed by atoms with Gasteiger partial charge in [-0.15, -0.1) is 0 Å². The zero-order valence-corrected chi connectivity index (χ0v) is 10.5. The van der Waals surface area contributed by atoms with Crippen LogP contribution in [0.1, 0.15) is 26.7 Å². The van der Waals surface area contributed by atoms with Crippen molar-refractivity contribution >= 4 is 27.8 Å². The fraction of sp³-hybridized carbons (Fsp3) is 0.800. The highest BCUT2D eigenvalue weighted by atomic mass is 79.9. The average Bonchev–Trinajstić information content (AvgIpc) is 2.42. The van der Waals surface area contributed by atoms with E-state index in [1.165, 1.54) is 0 Å². The van der Waals surface area contributed by atoms with Gasteiger partial charge in [0.2, 0.25) is 5.91 Å². The number of hydrogen-bond donors (Lipinski definition) is 2. The molecular formula is C10H16BrNO3. The highest BCUT2D eigenvalue weighted by Gasteiger charge is 2.59. The van der Waals surface area contributed by atoms with E-state index >= 15 is 0 Å². The summed E-state index contributed by atoms with van der Waals surface area (Å²) in [6, 6.07) is 0. The summed E-state index contributed by atoms with van der Waals surface area (Å²) in [5.41, 5.74) is 3.83. The summed E-state index contributed by atoms with van der Waals surface area (Å²) in [5.74, 6) is -1.62. The predicted octanol–water partition coefficient (Wildman–Crippen LogP) is 1.37. The Labute approximate surface area is 97.3 Å². The Morgan fingerprint density at radius 3 is 2.40 bits per heavy atom. The molecule has 0 radical (unpaired) electrons. The Morgan fingerprint density at radius 2 is 2.07 bits per heavy atom. The van der Waals surface area contributed by atoms with Crippen LogP contribution < -0.4 is 5.73 Å². The first-order chi connectivity index (χ1) is 6.79. The summed E-state index contributed by atoms with van der Waals surface area (Å²) in [4.78, 5) is 22.6. The van der Waals surface area contributed by atoms with Crippen molar-refractivity contribution in [1.82, 2.24) is 0 Å². The zero-order chi connectivity index (χ0) is 11.9. The molecule has 4 nitrogen and oxygen atoms in total. The number of amides is 1. The summed E-state index contributed by atoms with van der Waals surface area (Å²) in [6.07, 6.45) is 1.05. The molecule has 0 unspecified atom stereocenters. The molecular weight excluding hydrogens is 262 g/mol. The average molecular weight is 278 g/mol. The van der Waals surface area contributed by atoms with Crippen LogP contribution in [0.15, 0.2) is 0 Å². The monoisotopic (exact) mass is 277 g/mol. The maximum atomic E-state index is 11.3. The molecule has 0 spiro atoms. The molecule has 0 aliphatic heterocycles. The van der Waals surface area contributed by atoms with Crippen molar-refractivity contribution < 1.29 is 14.7 Å². The Morgan fingerprint density at radius 1 is 1.53 bits per heavy atom. The summed E-state index contributed by atoms with van der Waals surface area (Å²) in [6.45, 7) is 3.51. The van der Waals surface area contributed by atoms with Gasteiger partial charge >= 0.3 is 5.97 Å². The van der Waals surface area contributed by atoms with E-state index in [1.54, 1.807) is 6.92 Å². The van der Waals surface area contributed by atoms with Gasteiger partial charge in [0, 0.05) is 16.7 Å². The molecule has 1 saturated carbocycles. The molecule has 0 aromatic rings. The number of hydrogen-bond acceptors (Lipinski definition) is 2. The third kappa shape index (κ3) is 1.57. The number of carbonyl (C=O) groups excluding carboxylic acids is 1. The van der Waals surface area contributed by atoms with Crippen LogP contribution >= 0.6 is 15.9 Å². The van der Waals surface area contributed by atoms with Gasteiger partial charge in [0.15, 0.2) is 0 Å². The number of halogens is 1. The van der Waals surface area contributed by atoms with Gasteiger partial charge in [0.1, 0.15) is 0 Å². The lowest BCUT2D eigenvalue weighted by Gasteiger charge is -2.39. The minimum atomic E-state index is -0.879. The Bertz CT molecular complexity index is 307. The second kappa shape index (κ2) is 3.77. The maximum Gasteiger partial charge on any atom is 0.309 e. The number of aliphatic carboxylic acids is 1. The van der Waals surface area contributed by atoms with E-state index in [2.05, 4.69) is 15.9 Å². The standard InChI is InChI=1S/C10H16BrNO3/c1-9(8(14)15)4-3-6(7(12)13)10(9,2)5-11/h6H,3-5H2,1-2H3,(H2,12,13)(H,14,15)/t6-,9-,10-/m1/s1.